The van der Waals surface area contributed by atoms with E-state index in [0.717, 1.165) is 23.1 Å². The Morgan fingerprint density at radius 1 is 1.37 bits per heavy atom. The molecule has 0 aliphatic rings. The molecule has 2 aromatic rings. The highest BCUT2D eigenvalue weighted by Gasteiger charge is 2.33. The van der Waals surface area contributed by atoms with E-state index in [4.69, 9.17) is 0 Å². The molecule has 1 N–H and O–H groups in total. The number of aromatic nitrogens is 1. The van der Waals surface area contributed by atoms with Crippen LogP contribution in [0.25, 0.3) is 0 Å². The number of nitrogens with zero attached hydrogens (tertiary/aromatic N) is 1. The smallest absolute Gasteiger partial charge is 0.308 e. The highest BCUT2D eigenvalue weighted by Crippen LogP contribution is 2.29. The number of alkyl halides is 3. The highest BCUT2D eigenvalue weighted by atomic mass is 32.1. The van der Waals surface area contributed by atoms with E-state index in [1.165, 1.54) is 5.56 Å². The molecule has 1 atom stereocenters. The van der Waals surface area contributed by atoms with Crippen LogP contribution in [0.4, 0.5) is 13.2 Å². The van der Waals surface area contributed by atoms with Crippen molar-refractivity contribution in [1.29, 1.82) is 0 Å². The van der Waals surface area contributed by atoms with Gasteiger partial charge in [-0.05, 0) is 35.7 Å². The van der Waals surface area contributed by atoms with Crippen LogP contribution in [0.5, 0.6) is 0 Å². The first kappa shape index (κ1) is 14.5. The quantitative estimate of drug-likeness (QED) is 0.905. The number of thiophene rings is 1. The van der Waals surface area contributed by atoms with Crippen LogP contribution in [0, 0.1) is 0 Å². The molecule has 0 aliphatic carbocycles. The summed E-state index contributed by atoms with van der Waals surface area (Å²) in [7, 11) is 0. The third-order valence-corrected chi connectivity index (χ3v) is 4.15. The third kappa shape index (κ3) is 4.29. The van der Waals surface area contributed by atoms with Crippen molar-refractivity contribution in [3.05, 3.63) is 38.5 Å². The molecule has 2 rings (SSSR count). The van der Waals surface area contributed by atoms with E-state index in [-0.39, 0.29) is 6.04 Å². The molecular formula is C12H13F3N2S2. The van der Waals surface area contributed by atoms with Crippen LogP contribution in [-0.2, 0) is 19.1 Å². The Kier molecular flexibility index (Phi) is 4.59. The fourth-order valence-corrected chi connectivity index (χ4v) is 3.05. The van der Waals surface area contributed by atoms with Gasteiger partial charge >= 0.3 is 6.18 Å². The van der Waals surface area contributed by atoms with E-state index in [1.807, 2.05) is 18.4 Å². The summed E-state index contributed by atoms with van der Waals surface area (Å²) in [5, 5.41) is 8.79. The molecule has 0 aromatic carbocycles. The molecule has 0 bridgehead atoms. The van der Waals surface area contributed by atoms with Gasteiger partial charge in [-0.2, -0.15) is 24.5 Å². The first-order valence-electron chi connectivity index (χ1n) is 5.71. The average molecular weight is 306 g/mol. The Morgan fingerprint density at radius 2 is 2.16 bits per heavy atom. The minimum Gasteiger partial charge on any atom is -0.308 e. The van der Waals surface area contributed by atoms with Gasteiger partial charge in [0.2, 0.25) is 0 Å². The van der Waals surface area contributed by atoms with Gasteiger partial charge in [-0.25, -0.2) is 4.98 Å². The molecule has 2 aromatic heterocycles. The Balaban J connectivity index is 1.83. The van der Waals surface area contributed by atoms with Gasteiger partial charge in [0.25, 0.3) is 0 Å². The minimum absolute atomic E-state index is 0.202. The summed E-state index contributed by atoms with van der Waals surface area (Å²) in [6, 6.07) is 2.25. The Morgan fingerprint density at radius 3 is 2.74 bits per heavy atom. The molecule has 2 nitrogen and oxygen atoms in total. The third-order valence-electron chi connectivity index (χ3n) is 2.57. The van der Waals surface area contributed by atoms with E-state index in [0.29, 0.717) is 11.6 Å². The molecule has 0 spiro atoms. The van der Waals surface area contributed by atoms with Crippen molar-refractivity contribution in [3.63, 3.8) is 0 Å². The zero-order valence-electron chi connectivity index (χ0n) is 10.2. The normalized spacial score (nSPS) is 13.7. The summed E-state index contributed by atoms with van der Waals surface area (Å²) in [4.78, 5) is 3.58. The molecule has 0 aliphatic heterocycles. The van der Waals surface area contributed by atoms with E-state index in [1.54, 1.807) is 11.3 Å². The molecule has 0 saturated heterocycles. The maximum atomic E-state index is 12.4. The molecule has 104 valence electrons. The Hall–Kier alpha value is -0.920. The van der Waals surface area contributed by atoms with Crippen molar-refractivity contribution in [2.45, 2.75) is 32.1 Å². The summed E-state index contributed by atoms with van der Waals surface area (Å²) >= 11 is 2.67. The van der Waals surface area contributed by atoms with Gasteiger partial charge in [0, 0.05) is 18.0 Å². The summed E-state index contributed by atoms with van der Waals surface area (Å²) in [5.74, 6) is 0. The van der Waals surface area contributed by atoms with Crippen LogP contribution < -0.4 is 5.32 Å². The van der Waals surface area contributed by atoms with Gasteiger partial charge in [0.05, 0.1) is 0 Å². The molecule has 0 unspecified atom stereocenters. The van der Waals surface area contributed by atoms with Crippen LogP contribution in [0.15, 0.2) is 22.2 Å². The largest absolute Gasteiger partial charge is 0.434 e. The topological polar surface area (TPSA) is 24.9 Å². The average Bonchev–Trinajstić information content (AvgIpc) is 2.95. The number of thiazole rings is 1. The molecule has 7 heteroatoms. The zero-order chi connectivity index (χ0) is 13.9. The van der Waals surface area contributed by atoms with Crippen molar-refractivity contribution in [3.8, 4) is 0 Å². The number of halogens is 3. The first-order valence-corrected chi connectivity index (χ1v) is 7.53. The zero-order valence-corrected chi connectivity index (χ0v) is 11.8. The van der Waals surface area contributed by atoms with Crippen molar-refractivity contribution < 1.29 is 13.2 Å². The summed E-state index contributed by atoms with van der Waals surface area (Å²) < 4.78 is 37.1. The molecule has 0 fully saturated rings. The van der Waals surface area contributed by atoms with Gasteiger partial charge in [-0.3, -0.25) is 0 Å². The maximum absolute atomic E-state index is 12.4. The second-order valence-corrected chi connectivity index (χ2v) is 5.96. The van der Waals surface area contributed by atoms with Crippen molar-refractivity contribution in [2.24, 2.45) is 0 Å². The number of hydrogen-bond donors (Lipinski definition) is 1. The highest BCUT2D eigenvalue weighted by molar-refractivity contribution is 7.09. The van der Waals surface area contributed by atoms with Gasteiger partial charge in [-0.15, -0.1) is 11.3 Å². The molecule has 0 radical (unpaired) electrons. The molecule has 0 amide bonds. The fourth-order valence-electron chi connectivity index (χ4n) is 1.62. The Labute approximate surface area is 117 Å². The van der Waals surface area contributed by atoms with Gasteiger partial charge in [0.1, 0.15) is 5.01 Å². The Bertz CT molecular complexity index is 505. The van der Waals surface area contributed by atoms with Gasteiger partial charge in [-0.1, -0.05) is 0 Å². The van der Waals surface area contributed by atoms with E-state index < -0.39 is 11.9 Å². The molecule has 2 heterocycles. The minimum atomic E-state index is -4.35. The number of nitrogens with one attached hydrogen (secondary N) is 1. The van der Waals surface area contributed by atoms with Crippen molar-refractivity contribution >= 4 is 22.7 Å². The standard InChI is InChI=1S/C12H13F3N2S2/c1-8(4-9-2-3-18-6-9)16-5-11-17-10(7-19-11)12(13,14)15/h2-3,6-8,16H,4-5H2,1H3/t8-/m0/s1. The lowest BCUT2D eigenvalue weighted by Crippen LogP contribution is -2.27. The summed E-state index contributed by atoms with van der Waals surface area (Å²) in [5.41, 5.74) is 0.430. The lowest BCUT2D eigenvalue weighted by Gasteiger charge is -2.11. The van der Waals surface area contributed by atoms with E-state index in [9.17, 15) is 13.2 Å². The van der Waals surface area contributed by atoms with Crippen LogP contribution in [-0.4, -0.2) is 11.0 Å². The van der Waals surface area contributed by atoms with E-state index in [2.05, 4.69) is 15.7 Å². The molecule has 0 saturated carbocycles. The van der Waals surface area contributed by atoms with Crippen molar-refractivity contribution in [2.75, 3.05) is 0 Å². The second-order valence-electron chi connectivity index (χ2n) is 4.24. The van der Waals surface area contributed by atoms with Crippen LogP contribution in [0.1, 0.15) is 23.2 Å². The SMILES string of the molecule is C[C@@H](Cc1ccsc1)NCc1nc(C(F)(F)F)cs1. The monoisotopic (exact) mass is 306 g/mol. The predicted octanol–water partition coefficient (Wildman–Crippen LogP) is 3.94. The maximum Gasteiger partial charge on any atom is 0.434 e. The lowest BCUT2D eigenvalue weighted by molar-refractivity contribution is -0.140. The number of rotatable bonds is 5. The van der Waals surface area contributed by atoms with Crippen LogP contribution in [0.3, 0.4) is 0 Å². The van der Waals surface area contributed by atoms with Gasteiger partial charge < -0.3 is 5.32 Å². The number of hydrogen-bond acceptors (Lipinski definition) is 4. The fraction of sp³-hybridized carbons (Fsp3) is 0.417. The van der Waals surface area contributed by atoms with Gasteiger partial charge in [0.15, 0.2) is 5.69 Å². The van der Waals surface area contributed by atoms with Crippen LogP contribution in [0.2, 0.25) is 0 Å². The summed E-state index contributed by atoms with van der Waals surface area (Å²) in [6.07, 6.45) is -3.49. The molecular weight excluding hydrogens is 293 g/mol. The lowest BCUT2D eigenvalue weighted by atomic mass is 10.1. The molecule has 19 heavy (non-hydrogen) atoms. The first-order chi connectivity index (χ1) is 8.95. The second kappa shape index (κ2) is 6.02. The van der Waals surface area contributed by atoms with E-state index >= 15 is 0 Å². The van der Waals surface area contributed by atoms with Crippen molar-refractivity contribution in [1.82, 2.24) is 10.3 Å². The predicted molar refractivity (Wildman–Crippen MR) is 71.4 cm³/mol. The summed E-state index contributed by atoms with van der Waals surface area (Å²) in [6.45, 7) is 2.38. The van der Waals surface area contributed by atoms with Crippen LogP contribution >= 0.6 is 22.7 Å².